The molecule has 3 rings (SSSR count). The summed E-state index contributed by atoms with van der Waals surface area (Å²) in [4.78, 5) is 19.1. The molecule has 1 N–H and O–H groups in total. The molecule has 5 heteroatoms. The SMILES string of the molecule is O=C(O)c1cnccc1Oc1cnc2ccccc2c1. The molecule has 98 valence electrons. The standard InChI is InChI=1S/C15H10N2O3/c18-15(19)12-9-16-6-5-14(12)20-11-7-10-3-1-2-4-13(10)17-8-11/h1-9H,(H,18,19). The molecular formula is C15H10N2O3. The number of pyridine rings is 2. The van der Waals surface area contributed by atoms with E-state index < -0.39 is 5.97 Å². The number of rotatable bonds is 3. The third-order valence-electron chi connectivity index (χ3n) is 2.80. The lowest BCUT2D eigenvalue weighted by atomic mass is 10.2. The molecule has 0 atom stereocenters. The Morgan fingerprint density at radius 3 is 2.85 bits per heavy atom. The van der Waals surface area contributed by atoms with Gasteiger partial charge in [-0.25, -0.2) is 4.79 Å². The van der Waals surface area contributed by atoms with Crippen molar-refractivity contribution < 1.29 is 14.6 Å². The number of carboxylic acids is 1. The van der Waals surface area contributed by atoms with Gasteiger partial charge in [0, 0.05) is 23.8 Å². The molecule has 0 amide bonds. The highest BCUT2D eigenvalue weighted by Crippen LogP contribution is 2.26. The van der Waals surface area contributed by atoms with Crippen molar-refractivity contribution in [1.29, 1.82) is 0 Å². The van der Waals surface area contributed by atoms with E-state index in [4.69, 9.17) is 9.84 Å². The molecule has 1 aromatic carbocycles. The molecule has 0 unspecified atom stereocenters. The van der Waals surface area contributed by atoms with E-state index in [2.05, 4.69) is 9.97 Å². The van der Waals surface area contributed by atoms with E-state index in [-0.39, 0.29) is 11.3 Å². The molecule has 3 aromatic rings. The second-order valence-electron chi connectivity index (χ2n) is 4.14. The van der Waals surface area contributed by atoms with Crippen molar-refractivity contribution in [2.45, 2.75) is 0 Å². The van der Waals surface area contributed by atoms with Crippen LogP contribution >= 0.6 is 0 Å². The Balaban J connectivity index is 1.99. The van der Waals surface area contributed by atoms with Gasteiger partial charge in [-0.15, -0.1) is 0 Å². The Morgan fingerprint density at radius 2 is 2.00 bits per heavy atom. The minimum absolute atomic E-state index is 0.0145. The molecule has 0 aliphatic carbocycles. The summed E-state index contributed by atoms with van der Waals surface area (Å²) in [5.41, 5.74) is 0.869. The van der Waals surface area contributed by atoms with Gasteiger partial charge in [0.25, 0.3) is 0 Å². The summed E-state index contributed by atoms with van der Waals surface area (Å²) >= 11 is 0. The molecule has 0 bridgehead atoms. The fraction of sp³-hybridized carbons (Fsp3) is 0. The van der Waals surface area contributed by atoms with Crippen LogP contribution in [0.25, 0.3) is 10.9 Å². The Hall–Kier alpha value is -2.95. The number of hydrogen-bond donors (Lipinski definition) is 1. The number of para-hydroxylation sites is 1. The van der Waals surface area contributed by atoms with Gasteiger partial charge in [-0.2, -0.15) is 0 Å². The van der Waals surface area contributed by atoms with Crippen LogP contribution in [-0.4, -0.2) is 21.0 Å². The van der Waals surface area contributed by atoms with Crippen LogP contribution in [-0.2, 0) is 0 Å². The van der Waals surface area contributed by atoms with Gasteiger partial charge in [0.2, 0.25) is 0 Å². The average molecular weight is 266 g/mol. The fourth-order valence-electron chi connectivity index (χ4n) is 1.86. The van der Waals surface area contributed by atoms with Gasteiger partial charge >= 0.3 is 5.97 Å². The molecule has 2 heterocycles. The summed E-state index contributed by atoms with van der Waals surface area (Å²) in [7, 11) is 0. The van der Waals surface area contributed by atoms with E-state index in [1.807, 2.05) is 30.3 Å². The number of nitrogens with zero attached hydrogens (tertiary/aromatic N) is 2. The molecule has 0 spiro atoms. The number of hydrogen-bond acceptors (Lipinski definition) is 4. The van der Waals surface area contributed by atoms with E-state index >= 15 is 0 Å². The summed E-state index contributed by atoms with van der Waals surface area (Å²) in [5, 5.41) is 10.0. The second-order valence-corrected chi connectivity index (χ2v) is 4.14. The highest BCUT2D eigenvalue weighted by molar-refractivity contribution is 5.90. The van der Waals surface area contributed by atoms with Gasteiger partial charge in [-0.05, 0) is 12.1 Å². The van der Waals surface area contributed by atoms with Crippen LogP contribution < -0.4 is 4.74 Å². The van der Waals surface area contributed by atoms with Crippen LogP contribution in [0.5, 0.6) is 11.5 Å². The van der Waals surface area contributed by atoms with Crippen LogP contribution in [0.4, 0.5) is 0 Å². The smallest absolute Gasteiger partial charge is 0.341 e. The highest BCUT2D eigenvalue weighted by Gasteiger charge is 2.12. The van der Waals surface area contributed by atoms with Crippen LogP contribution in [0, 0.1) is 0 Å². The molecule has 0 radical (unpaired) electrons. The minimum Gasteiger partial charge on any atom is -0.477 e. The van der Waals surface area contributed by atoms with Crippen molar-refractivity contribution in [3.8, 4) is 11.5 Å². The van der Waals surface area contributed by atoms with E-state index in [9.17, 15) is 4.79 Å². The zero-order valence-electron chi connectivity index (χ0n) is 10.4. The van der Waals surface area contributed by atoms with E-state index in [1.54, 1.807) is 6.20 Å². The summed E-state index contributed by atoms with van der Waals surface area (Å²) in [6.07, 6.45) is 4.30. The number of aromatic carboxylic acids is 1. The molecule has 0 aliphatic heterocycles. The third kappa shape index (κ3) is 2.29. The fourth-order valence-corrected chi connectivity index (χ4v) is 1.86. The number of benzene rings is 1. The molecule has 0 aliphatic rings. The van der Waals surface area contributed by atoms with Crippen molar-refractivity contribution in [2.75, 3.05) is 0 Å². The number of ether oxygens (including phenoxy) is 1. The second kappa shape index (κ2) is 4.97. The lowest BCUT2D eigenvalue weighted by Gasteiger charge is -2.08. The normalized spacial score (nSPS) is 10.4. The molecular weight excluding hydrogens is 256 g/mol. The van der Waals surface area contributed by atoms with Crippen molar-refractivity contribution >= 4 is 16.9 Å². The lowest BCUT2D eigenvalue weighted by molar-refractivity contribution is 0.0693. The van der Waals surface area contributed by atoms with Gasteiger partial charge in [0.05, 0.1) is 11.7 Å². The largest absolute Gasteiger partial charge is 0.477 e. The summed E-state index contributed by atoms with van der Waals surface area (Å²) < 4.78 is 5.60. The Bertz CT molecular complexity index is 787. The average Bonchev–Trinajstić information content (AvgIpc) is 2.47. The zero-order valence-corrected chi connectivity index (χ0v) is 10.4. The number of fused-ring (bicyclic) bond motifs is 1. The number of carbonyl (C=O) groups is 1. The van der Waals surface area contributed by atoms with Crippen LogP contribution in [0.2, 0.25) is 0 Å². The predicted molar refractivity (Wildman–Crippen MR) is 73.0 cm³/mol. The lowest BCUT2D eigenvalue weighted by Crippen LogP contribution is -2.00. The first-order valence-corrected chi connectivity index (χ1v) is 5.94. The van der Waals surface area contributed by atoms with E-state index in [0.717, 1.165) is 10.9 Å². The van der Waals surface area contributed by atoms with Crippen molar-refractivity contribution in [3.05, 3.63) is 60.6 Å². The zero-order chi connectivity index (χ0) is 13.9. The first-order valence-electron chi connectivity index (χ1n) is 5.94. The maximum atomic E-state index is 11.1. The quantitative estimate of drug-likeness (QED) is 0.788. The Labute approximate surface area is 114 Å². The summed E-state index contributed by atoms with van der Waals surface area (Å²) in [6, 6.07) is 10.9. The van der Waals surface area contributed by atoms with Gasteiger partial charge in [-0.3, -0.25) is 9.97 Å². The Kier molecular flexibility index (Phi) is 3.01. The summed E-state index contributed by atoms with van der Waals surface area (Å²) in [5.74, 6) is -0.358. The van der Waals surface area contributed by atoms with Crippen LogP contribution in [0.15, 0.2) is 55.0 Å². The van der Waals surface area contributed by atoms with Gasteiger partial charge in [0.15, 0.2) is 0 Å². The maximum absolute atomic E-state index is 11.1. The molecule has 0 saturated carbocycles. The summed E-state index contributed by atoms with van der Waals surface area (Å²) in [6.45, 7) is 0. The molecule has 2 aromatic heterocycles. The van der Waals surface area contributed by atoms with Crippen molar-refractivity contribution in [1.82, 2.24) is 9.97 Å². The van der Waals surface area contributed by atoms with Crippen molar-refractivity contribution in [3.63, 3.8) is 0 Å². The third-order valence-corrected chi connectivity index (χ3v) is 2.80. The monoisotopic (exact) mass is 266 g/mol. The minimum atomic E-state index is -1.08. The van der Waals surface area contributed by atoms with Gasteiger partial charge < -0.3 is 9.84 Å². The van der Waals surface area contributed by atoms with Crippen LogP contribution in [0.3, 0.4) is 0 Å². The van der Waals surface area contributed by atoms with Gasteiger partial charge in [0.1, 0.15) is 17.1 Å². The topological polar surface area (TPSA) is 72.3 Å². The van der Waals surface area contributed by atoms with Crippen LogP contribution in [0.1, 0.15) is 10.4 Å². The van der Waals surface area contributed by atoms with E-state index in [0.29, 0.717) is 5.75 Å². The molecule has 0 fully saturated rings. The van der Waals surface area contributed by atoms with E-state index in [1.165, 1.54) is 18.5 Å². The predicted octanol–water partition coefficient (Wildman–Crippen LogP) is 3.12. The first-order chi connectivity index (χ1) is 9.74. The number of carboxylic acid groups (broad SMARTS) is 1. The first kappa shape index (κ1) is 12.1. The van der Waals surface area contributed by atoms with Gasteiger partial charge in [-0.1, -0.05) is 18.2 Å². The van der Waals surface area contributed by atoms with Crippen molar-refractivity contribution in [2.24, 2.45) is 0 Å². The Morgan fingerprint density at radius 1 is 1.15 bits per heavy atom. The highest BCUT2D eigenvalue weighted by atomic mass is 16.5. The number of aromatic nitrogens is 2. The molecule has 20 heavy (non-hydrogen) atoms. The molecule has 5 nitrogen and oxygen atoms in total. The maximum Gasteiger partial charge on any atom is 0.341 e. The molecule has 0 saturated heterocycles.